The molecular formula is C22H31N3O3S. The number of rotatable bonds is 5. The zero-order valence-corrected chi connectivity index (χ0v) is 18.5. The summed E-state index contributed by atoms with van der Waals surface area (Å²) in [5.74, 6) is 1.68. The number of para-hydroxylation sites is 1. The minimum Gasteiger partial charge on any atom is -0.496 e. The van der Waals surface area contributed by atoms with Crippen LogP contribution in [0.1, 0.15) is 57.4 Å². The Morgan fingerprint density at radius 1 is 1.24 bits per heavy atom. The fourth-order valence-corrected chi connectivity index (χ4v) is 4.73. The maximum atomic E-state index is 11.8. The number of aromatic nitrogens is 1. The molecule has 0 spiro atoms. The minimum atomic E-state index is -0.467. The molecule has 0 aliphatic heterocycles. The van der Waals surface area contributed by atoms with Gasteiger partial charge in [-0.3, -0.25) is 0 Å². The number of nitrogens with one attached hydrogen (secondary N) is 1. The van der Waals surface area contributed by atoms with E-state index in [2.05, 4.69) is 5.32 Å². The quantitative estimate of drug-likeness (QED) is 0.698. The lowest BCUT2D eigenvalue weighted by Gasteiger charge is -2.28. The van der Waals surface area contributed by atoms with Crippen LogP contribution in [-0.4, -0.2) is 30.3 Å². The van der Waals surface area contributed by atoms with Crippen LogP contribution in [0.5, 0.6) is 5.75 Å². The van der Waals surface area contributed by atoms with Crippen LogP contribution in [0, 0.1) is 5.92 Å². The minimum absolute atomic E-state index is 0.339. The van der Waals surface area contributed by atoms with Gasteiger partial charge in [0.05, 0.1) is 12.1 Å². The Bertz CT molecular complexity index is 836. The number of nitrogens with two attached hydrogens (primary N) is 1. The van der Waals surface area contributed by atoms with Gasteiger partial charge in [-0.1, -0.05) is 12.1 Å². The molecule has 2 aromatic rings. The zero-order valence-electron chi connectivity index (χ0n) is 17.7. The van der Waals surface area contributed by atoms with Crippen LogP contribution in [0.25, 0.3) is 11.3 Å². The molecule has 1 aliphatic rings. The van der Waals surface area contributed by atoms with Crippen LogP contribution < -0.4 is 15.8 Å². The first-order chi connectivity index (χ1) is 13.8. The van der Waals surface area contributed by atoms with Crippen LogP contribution in [-0.2, 0) is 4.74 Å². The molecule has 1 saturated carbocycles. The van der Waals surface area contributed by atoms with Crippen molar-refractivity contribution in [3.05, 3.63) is 29.3 Å². The summed E-state index contributed by atoms with van der Waals surface area (Å²) in [6, 6.07) is 7.83. The van der Waals surface area contributed by atoms with Crippen molar-refractivity contribution in [1.82, 2.24) is 10.3 Å². The average Bonchev–Trinajstić information content (AvgIpc) is 3.07. The van der Waals surface area contributed by atoms with Crippen molar-refractivity contribution >= 4 is 22.4 Å². The summed E-state index contributed by atoms with van der Waals surface area (Å²) in [5, 5.41) is 4.74. The number of hydrogen-bond acceptors (Lipinski definition) is 6. The second kappa shape index (κ2) is 9.03. The summed E-state index contributed by atoms with van der Waals surface area (Å²) in [7, 11) is 1.66. The summed E-state index contributed by atoms with van der Waals surface area (Å²) in [6.07, 6.45) is 3.89. The van der Waals surface area contributed by atoms with E-state index >= 15 is 0 Å². The Hall–Kier alpha value is -2.28. The van der Waals surface area contributed by atoms with Crippen molar-refractivity contribution in [1.29, 1.82) is 0 Å². The number of thiazole rings is 1. The third-order valence-electron chi connectivity index (χ3n) is 5.16. The molecule has 0 unspecified atom stereocenters. The van der Waals surface area contributed by atoms with E-state index in [0.717, 1.165) is 52.7 Å². The summed E-state index contributed by atoms with van der Waals surface area (Å²) < 4.78 is 10.8. The van der Waals surface area contributed by atoms with Gasteiger partial charge in [0.25, 0.3) is 0 Å². The van der Waals surface area contributed by atoms with Gasteiger partial charge in [0, 0.05) is 18.0 Å². The number of methoxy groups -OCH3 is 1. The number of nitrogen functional groups attached to an aromatic ring is 1. The molecule has 3 N–H and O–H groups in total. The third kappa shape index (κ3) is 5.63. The number of alkyl carbamates (subject to hydrolysis) is 1. The first-order valence-corrected chi connectivity index (χ1v) is 10.9. The van der Waals surface area contributed by atoms with Gasteiger partial charge in [-0.2, -0.15) is 0 Å². The van der Waals surface area contributed by atoms with Gasteiger partial charge in [-0.05, 0) is 64.5 Å². The molecule has 3 rings (SSSR count). The molecule has 7 heteroatoms. The maximum Gasteiger partial charge on any atom is 0.407 e. The predicted molar refractivity (Wildman–Crippen MR) is 117 cm³/mol. The largest absolute Gasteiger partial charge is 0.496 e. The van der Waals surface area contributed by atoms with E-state index in [-0.39, 0.29) is 6.09 Å². The zero-order chi connectivity index (χ0) is 21.0. The summed E-state index contributed by atoms with van der Waals surface area (Å²) in [6.45, 7) is 6.28. The number of ether oxygens (including phenoxy) is 2. The van der Waals surface area contributed by atoms with E-state index in [9.17, 15) is 4.79 Å². The van der Waals surface area contributed by atoms with Crippen LogP contribution in [0.15, 0.2) is 24.3 Å². The molecule has 1 amide bonds. The Morgan fingerprint density at radius 2 is 1.93 bits per heavy atom. The highest BCUT2D eigenvalue weighted by Crippen LogP contribution is 2.42. The van der Waals surface area contributed by atoms with Gasteiger partial charge in [0.15, 0.2) is 0 Å². The molecule has 1 aliphatic carbocycles. The van der Waals surface area contributed by atoms with Gasteiger partial charge >= 0.3 is 6.09 Å². The highest BCUT2D eigenvalue weighted by atomic mass is 32.1. The van der Waals surface area contributed by atoms with Gasteiger partial charge in [-0.15, -0.1) is 11.3 Å². The van der Waals surface area contributed by atoms with E-state index in [1.807, 2.05) is 45.0 Å². The van der Waals surface area contributed by atoms with E-state index in [0.29, 0.717) is 18.4 Å². The summed E-state index contributed by atoms with van der Waals surface area (Å²) in [5.41, 5.74) is 7.59. The standard InChI is InChI=1S/C22H31N3O3S/c1-22(2,3)28-21(26)24-13-14-9-11-15(12-10-14)20-25-18(19(23)29-20)16-7-5-6-8-17(16)27-4/h5-8,14-15H,9-13,23H2,1-4H3,(H,24,26)/t14-,15-. The van der Waals surface area contributed by atoms with Crippen molar-refractivity contribution in [3.63, 3.8) is 0 Å². The lowest BCUT2D eigenvalue weighted by Crippen LogP contribution is -2.36. The number of benzene rings is 1. The molecule has 0 radical (unpaired) electrons. The highest BCUT2D eigenvalue weighted by Gasteiger charge is 2.27. The number of nitrogens with zero attached hydrogens (tertiary/aromatic N) is 1. The molecule has 1 fully saturated rings. The van der Waals surface area contributed by atoms with Crippen LogP contribution >= 0.6 is 11.3 Å². The van der Waals surface area contributed by atoms with Crippen molar-refractivity contribution in [2.45, 2.75) is 58.0 Å². The van der Waals surface area contributed by atoms with Crippen molar-refractivity contribution in [2.75, 3.05) is 19.4 Å². The predicted octanol–water partition coefficient (Wildman–Crippen LogP) is 5.20. The van der Waals surface area contributed by atoms with Gasteiger partial charge in [-0.25, -0.2) is 9.78 Å². The Balaban J connectivity index is 1.57. The van der Waals surface area contributed by atoms with E-state index in [1.54, 1.807) is 18.4 Å². The first kappa shape index (κ1) is 21.4. The average molecular weight is 418 g/mol. The van der Waals surface area contributed by atoms with Gasteiger partial charge in [0.2, 0.25) is 0 Å². The maximum absolute atomic E-state index is 11.8. The van der Waals surface area contributed by atoms with E-state index in [1.165, 1.54) is 0 Å². The normalized spacial score (nSPS) is 19.6. The Kier molecular flexibility index (Phi) is 6.67. The molecule has 0 bridgehead atoms. The molecule has 29 heavy (non-hydrogen) atoms. The summed E-state index contributed by atoms with van der Waals surface area (Å²) >= 11 is 1.58. The van der Waals surface area contributed by atoms with Crippen molar-refractivity contribution < 1.29 is 14.3 Å². The second-order valence-corrected chi connectivity index (χ2v) is 9.63. The molecule has 0 atom stereocenters. The number of hydrogen-bond donors (Lipinski definition) is 2. The van der Waals surface area contributed by atoms with Crippen molar-refractivity contribution in [2.24, 2.45) is 5.92 Å². The Labute approximate surface area is 176 Å². The monoisotopic (exact) mass is 417 g/mol. The van der Waals surface area contributed by atoms with Crippen molar-refractivity contribution in [3.8, 4) is 17.0 Å². The number of amides is 1. The third-order valence-corrected chi connectivity index (χ3v) is 6.21. The summed E-state index contributed by atoms with van der Waals surface area (Å²) in [4.78, 5) is 16.7. The fraction of sp³-hybridized carbons (Fsp3) is 0.545. The smallest absolute Gasteiger partial charge is 0.407 e. The van der Waals surface area contributed by atoms with Crippen LogP contribution in [0.3, 0.4) is 0 Å². The topological polar surface area (TPSA) is 86.5 Å². The highest BCUT2D eigenvalue weighted by molar-refractivity contribution is 7.16. The number of anilines is 1. The Morgan fingerprint density at radius 3 is 2.59 bits per heavy atom. The fourth-order valence-electron chi connectivity index (χ4n) is 3.71. The molecular weight excluding hydrogens is 386 g/mol. The van der Waals surface area contributed by atoms with E-state index in [4.69, 9.17) is 20.2 Å². The molecule has 0 saturated heterocycles. The lowest BCUT2D eigenvalue weighted by molar-refractivity contribution is 0.0514. The first-order valence-electron chi connectivity index (χ1n) is 10.1. The molecule has 6 nitrogen and oxygen atoms in total. The molecule has 1 heterocycles. The van der Waals surface area contributed by atoms with Gasteiger partial charge in [0.1, 0.15) is 22.0 Å². The molecule has 1 aromatic carbocycles. The van der Waals surface area contributed by atoms with Gasteiger partial charge < -0.3 is 20.5 Å². The molecule has 158 valence electrons. The van der Waals surface area contributed by atoms with Crippen LogP contribution in [0.4, 0.5) is 9.80 Å². The SMILES string of the molecule is COc1ccccc1-c1nc([C@H]2CC[C@H](CNC(=O)OC(C)(C)C)CC2)sc1N. The number of carbonyl (C=O) groups is 1. The molecule has 1 aromatic heterocycles. The van der Waals surface area contributed by atoms with E-state index < -0.39 is 5.60 Å². The number of carbonyl (C=O) groups excluding carboxylic acids is 1. The second-order valence-electron chi connectivity index (χ2n) is 8.57. The lowest BCUT2D eigenvalue weighted by atomic mass is 9.82. The van der Waals surface area contributed by atoms with Crippen LogP contribution in [0.2, 0.25) is 0 Å².